The fourth-order valence-corrected chi connectivity index (χ4v) is 2.36. The topological polar surface area (TPSA) is 121 Å². The number of carboxylic acids is 1. The van der Waals surface area contributed by atoms with Gasteiger partial charge in [0, 0.05) is 23.1 Å². The van der Waals surface area contributed by atoms with Crippen LogP contribution in [-0.2, 0) is 4.79 Å². The highest BCUT2D eigenvalue weighted by Gasteiger charge is 2.15. The molecule has 0 aliphatic rings. The van der Waals surface area contributed by atoms with Gasteiger partial charge in [-0.25, -0.2) is 9.97 Å². The van der Waals surface area contributed by atoms with E-state index in [0.29, 0.717) is 16.6 Å². The summed E-state index contributed by atoms with van der Waals surface area (Å²) < 4.78 is 0. The molecule has 3 rings (SSSR count). The van der Waals surface area contributed by atoms with Gasteiger partial charge in [-0.3, -0.25) is 10.1 Å². The molecule has 1 aromatic heterocycles. The SMILES string of the molecule is C[C@H](Nc1nc(-c2ccccc2)c2cc([N+](=O)[O-])ccc2n1)C(=O)[O-]. The van der Waals surface area contributed by atoms with E-state index < -0.39 is 16.9 Å². The van der Waals surface area contributed by atoms with E-state index in [0.717, 1.165) is 5.56 Å². The minimum absolute atomic E-state index is 0.0721. The number of hydrogen-bond donors (Lipinski definition) is 1. The van der Waals surface area contributed by atoms with Crippen LogP contribution in [0.1, 0.15) is 6.92 Å². The Balaban J connectivity index is 2.21. The summed E-state index contributed by atoms with van der Waals surface area (Å²) in [5, 5.41) is 25.2. The Morgan fingerprint density at radius 1 is 1.16 bits per heavy atom. The van der Waals surface area contributed by atoms with Gasteiger partial charge in [0.05, 0.1) is 28.1 Å². The lowest BCUT2D eigenvalue weighted by molar-refractivity contribution is -0.384. The maximum Gasteiger partial charge on any atom is 0.270 e. The molecule has 0 amide bonds. The highest BCUT2D eigenvalue weighted by atomic mass is 16.6. The van der Waals surface area contributed by atoms with Crippen molar-refractivity contribution in [3.8, 4) is 11.3 Å². The number of hydrogen-bond acceptors (Lipinski definition) is 7. The monoisotopic (exact) mass is 337 g/mol. The number of nitro benzene ring substituents is 1. The van der Waals surface area contributed by atoms with Gasteiger partial charge in [0.15, 0.2) is 0 Å². The van der Waals surface area contributed by atoms with Gasteiger partial charge in [0.25, 0.3) is 5.69 Å². The van der Waals surface area contributed by atoms with E-state index in [9.17, 15) is 20.0 Å². The number of carbonyl (C=O) groups is 1. The number of aliphatic carboxylic acids is 1. The Kier molecular flexibility index (Phi) is 4.25. The summed E-state index contributed by atoms with van der Waals surface area (Å²) >= 11 is 0. The molecule has 8 heteroatoms. The summed E-state index contributed by atoms with van der Waals surface area (Å²) in [4.78, 5) is 30.1. The molecule has 0 spiro atoms. The number of anilines is 1. The first kappa shape index (κ1) is 16.3. The molecule has 0 saturated carbocycles. The van der Waals surface area contributed by atoms with Crippen LogP contribution in [0.4, 0.5) is 11.6 Å². The maximum atomic E-state index is 11.1. The lowest BCUT2D eigenvalue weighted by Crippen LogP contribution is -2.39. The number of fused-ring (bicyclic) bond motifs is 1. The Morgan fingerprint density at radius 2 is 1.88 bits per heavy atom. The third-order valence-corrected chi connectivity index (χ3v) is 3.64. The first-order valence-electron chi connectivity index (χ1n) is 7.44. The van der Waals surface area contributed by atoms with Crippen LogP contribution >= 0.6 is 0 Å². The number of nitro groups is 1. The van der Waals surface area contributed by atoms with E-state index in [-0.39, 0.29) is 11.6 Å². The number of rotatable bonds is 5. The molecule has 3 aromatic rings. The fraction of sp³-hybridized carbons (Fsp3) is 0.118. The Hall–Kier alpha value is -3.55. The van der Waals surface area contributed by atoms with E-state index in [1.165, 1.54) is 25.1 Å². The molecule has 0 bridgehead atoms. The van der Waals surface area contributed by atoms with Crippen LogP contribution in [0.15, 0.2) is 48.5 Å². The second-order valence-corrected chi connectivity index (χ2v) is 5.41. The number of aromatic nitrogens is 2. The average Bonchev–Trinajstić information content (AvgIpc) is 2.61. The molecule has 1 heterocycles. The molecular formula is C17H13N4O4-. The van der Waals surface area contributed by atoms with Crippen LogP contribution in [0.5, 0.6) is 0 Å². The number of nitrogens with zero attached hydrogens (tertiary/aromatic N) is 3. The molecule has 8 nitrogen and oxygen atoms in total. The quantitative estimate of drug-likeness (QED) is 0.556. The molecule has 0 aliphatic carbocycles. The van der Waals surface area contributed by atoms with Crippen LogP contribution in [-0.4, -0.2) is 26.9 Å². The standard InChI is InChI=1S/C17H14N4O4/c1-10(16(22)23)18-17-19-14-8-7-12(21(24)25)9-13(14)15(20-17)11-5-3-2-4-6-11/h2-10H,1H3,(H,22,23)(H,18,19,20)/p-1/t10-/m0/s1. The molecule has 2 aromatic carbocycles. The van der Waals surface area contributed by atoms with Gasteiger partial charge in [-0.15, -0.1) is 0 Å². The molecule has 126 valence electrons. The lowest BCUT2D eigenvalue weighted by Gasteiger charge is -2.16. The number of carboxylic acid groups (broad SMARTS) is 1. The first-order valence-corrected chi connectivity index (χ1v) is 7.44. The zero-order valence-electron chi connectivity index (χ0n) is 13.2. The molecule has 0 unspecified atom stereocenters. The van der Waals surface area contributed by atoms with Crippen molar-refractivity contribution in [2.75, 3.05) is 5.32 Å². The van der Waals surface area contributed by atoms with Gasteiger partial charge >= 0.3 is 0 Å². The summed E-state index contributed by atoms with van der Waals surface area (Å²) in [6.45, 7) is 1.42. The van der Waals surface area contributed by atoms with Crippen molar-refractivity contribution in [3.63, 3.8) is 0 Å². The largest absolute Gasteiger partial charge is 0.548 e. The Morgan fingerprint density at radius 3 is 2.52 bits per heavy atom. The van der Waals surface area contributed by atoms with Crippen molar-refractivity contribution in [3.05, 3.63) is 58.6 Å². The van der Waals surface area contributed by atoms with Crippen molar-refractivity contribution >= 4 is 28.5 Å². The number of carbonyl (C=O) groups excluding carboxylic acids is 1. The van der Waals surface area contributed by atoms with Crippen LogP contribution in [0.25, 0.3) is 22.2 Å². The van der Waals surface area contributed by atoms with Gasteiger partial charge in [0.1, 0.15) is 0 Å². The number of benzene rings is 2. The van der Waals surface area contributed by atoms with Crippen LogP contribution in [0, 0.1) is 10.1 Å². The zero-order valence-corrected chi connectivity index (χ0v) is 13.2. The van der Waals surface area contributed by atoms with Gasteiger partial charge in [-0.2, -0.15) is 0 Å². The summed E-state index contributed by atoms with van der Waals surface area (Å²) in [7, 11) is 0. The van der Waals surface area contributed by atoms with Crippen molar-refractivity contribution in [1.82, 2.24) is 9.97 Å². The highest BCUT2D eigenvalue weighted by molar-refractivity contribution is 5.94. The average molecular weight is 337 g/mol. The van der Waals surface area contributed by atoms with Gasteiger partial charge in [0.2, 0.25) is 5.95 Å². The van der Waals surface area contributed by atoms with Gasteiger partial charge < -0.3 is 15.2 Å². The molecule has 0 aliphatic heterocycles. The molecule has 25 heavy (non-hydrogen) atoms. The van der Waals surface area contributed by atoms with Crippen LogP contribution in [0.2, 0.25) is 0 Å². The second kappa shape index (κ2) is 6.52. The molecule has 1 N–H and O–H groups in total. The minimum Gasteiger partial charge on any atom is -0.548 e. The van der Waals surface area contributed by atoms with Crippen molar-refractivity contribution in [2.24, 2.45) is 0 Å². The van der Waals surface area contributed by atoms with E-state index in [2.05, 4.69) is 15.3 Å². The highest BCUT2D eigenvalue weighted by Crippen LogP contribution is 2.30. The Bertz CT molecular complexity index is 960. The third-order valence-electron chi connectivity index (χ3n) is 3.64. The van der Waals surface area contributed by atoms with E-state index >= 15 is 0 Å². The predicted molar refractivity (Wildman–Crippen MR) is 89.7 cm³/mol. The van der Waals surface area contributed by atoms with Crippen molar-refractivity contribution < 1.29 is 14.8 Å². The predicted octanol–water partition coefficient (Wildman–Crippen LogP) is 1.76. The van der Waals surface area contributed by atoms with E-state index in [1.54, 1.807) is 0 Å². The molecular weight excluding hydrogens is 324 g/mol. The normalized spacial score (nSPS) is 11.9. The maximum absolute atomic E-state index is 11.1. The van der Waals surface area contributed by atoms with Crippen LogP contribution < -0.4 is 10.4 Å². The Labute approximate surface area is 142 Å². The first-order chi connectivity index (χ1) is 12.0. The van der Waals surface area contributed by atoms with Gasteiger partial charge in [-0.05, 0) is 13.0 Å². The molecule has 1 atom stereocenters. The summed E-state index contributed by atoms with van der Waals surface area (Å²) in [6, 6.07) is 12.4. The summed E-state index contributed by atoms with van der Waals surface area (Å²) in [5.41, 5.74) is 1.60. The second-order valence-electron chi connectivity index (χ2n) is 5.41. The summed E-state index contributed by atoms with van der Waals surface area (Å²) in [5.74, 6) is -1.18. The lowest BCUT2D eigenvalue weighted by atomic mass is 10.1. The third kappa shape index (κ3) is 3.37. The minimum atomic E-state index is -1.28. The zero-order chi connectivity index (χ0) is 18.0. The molecule has 0 radical (unpaired) electrons. The van der Waals surface area contributed by atoms with E-state index in [1.807, 2.05) is 30.3 Å². The van der Waals surface area contributed by atoms with E-state index in [4.69, 9.17) is 0 Å². The van der Waals surface area contributed by atoms with Crippen molar-refractivity contribution in [1.29, 1.82) is 0 Å². The number of non-ortho nitro benzene ring substituents is 1. The number of nitrogens with one attached hydrogen (secondary N) is 1. The fourth-order valence-electron chi connectivity index (χ4n) is 2.36. The molecule has 0 saturated heterocycles. The van der Waals surface area contributed by atoms with Crippen LogP contribution in [0.3, 0.4) is 0 Å². The van der Waals surface area contributed by atoms with Gasteiger partial charge in [-0.1, -0.05) is 30.3 Å². The molecule has 0 fully saturated rings. The van der Waals surface area contributed by atoms with Crippen molar-refractivity contribution in [2.45, 2.75) is 13.0 Å². The summed E-state index contributed by atoms with van der Waals surface area (Å²) in [6.07, 6.45) is 0. The smallest absolute Gasteiger partial charge is 0.270 e.